The van der Waals surface area contributed by atoms with Gasteiger partial charge in [-0.05, 0) is 5.41 Å². The summed E-state index contributed by atoms with van der Waals surface area (Å²) in [6.07, 6.45) is 1.98. The van der Waals surface area contributed by atoms with Crippen molar-refractivity contribution in [3.05, 3.63) is 12.2 Å². The van der Waals surface area contributed by atoms with Crippen LogP contribution in [0.3, 0.4) is 0 Å². The number of hydrogen-bond donors (Lipinski definition) is 1. The lowest BCUT2D eigenvalue weighted by Gasteiger charge is -2.16. The Balaban J connectivity index is 3.86. The molecule has 0 heterocycles. The van der Waals surface area contributed by atoms with Crippen LogP contribution in [0.4, 0.5) is 0 Å². The van der Waals surface area contributed by atoms with Crippen molar-refractivity contribution in [2.45, 2.75) is 20.8 Å². The van der Waals surface area contributed by atoms with Crippen LogP contribution in [0.2, 0.25) is 0 Å². The van der Waals surface area contributed by atoms with Crippen molar-refractivity contribution in [2.75, 3.05) is 19.8 Å². The molecule has 0 rings (SSSR count). The van der Waals surface area contributed by atoms with Crippen LogP contribution in [0, 0.1) is 5.41 Å². The molecule has 0 spiro atoms. The molecule has 0 bridgehead atoms. The summed E-state index contributed by atoms with van der Waals surface area (Å²) in [4.78, 5) is 22.0. The number of carbonyl (C=O) groups is 2. The van der Waals surface area contributed by atoms with E-state index in [1.54, 1.807) is 0 Å². The van der Waals surface area contributed by atoms with E-state index in [1.807, 2.05) is 20.8 Å². The van der Waals surface area contributed by atoms with Crippen LogP contribution in [0.25, 0.3) is 0 Å². The number of ether oxygens (including phenoxy) is 2. The molecule has 0 unspecified atom stereocenters. The lowest BCUT2D eigenvalue weighted by atomic mass is 9.99. The van der Waals surface area contributed by atoms with Gasteiger partial charge in [0.05, 0.1) is 13.2 Å². The molecule has 1 N–H and O–H groups in total. The first kappa shape index (κ1) is 14.6. The van der Waals surface area contributed by atoms with Gasteiger partial charge in [0.1, 0.15) is 6.61 Å². The van der Waals surface area contributed by atoms with Crippen molar-refractivity contribution in [1.29, 1.82) is 0 Å². The van der Waals surface area contributed by atoms with Gasteiger partial charge < -0.3 is 14.6 Å². The first-order valence-electron chi connectivity index (χ1n) is 4.97. The predicted octanol–water partition coefficient (Wildman–Crippen LogP) is 0.667. The zero-order valence-electron chi connectivity index (χ0n) is 9.86. The number of rotatable bonds is 5. The van der Waals surface area contributed by atoms with E-state index in [4.69, 9.17) is 9.84 Å². The first-order valence-corrected chi connectivity index (χ1v) is 4.97. The first-order chi connectivity index (χ1) is 7.35. The third kappa shape index (κ3) is 9.21. The fourth-order valence-corrected chi connectivity index (χ4v) is 0.666. The van der Waals surface area contributed by atoms with Crippen LogP contribution >= 0.6 is 0 Å². The second-order valence-corrected chi connectivity index (χ2v) is 4.39. The van der Waals surface area contributed by atoms with Gasteiger partial charge in [-0.2, -0.15) is 0 Å². The molecule has 0 fully saturated rings. The lowest BCUT2D eigenvalue weighted by Crippen LogP contribution is -2.17. The molecule has 0 aliphatic heterocycles. The lowest BCUT2D eigenvalue weighted by molar-refractivity contribution is -0.142. The van der Waals surface area contributed by atoms with E-state index in [2.05, 4.69) is 4.74 Å². The molecule has 16 heavy (non-hydrogen) atoms. The molecule has 0 aliphatic carbocycles. The molecule has 5 heteroatoms. The minimum absolute atomic E-state index is 0.0831. The normalized spacial score (nSPS) is 11.5. The molecule has 92 valence electrons. The highest BCUT2D eigenvalue weighted by molar-refractivity contribution is 5.91. The maximum Gasteiger partial charge on any atom is 0.331 e. The van der Waals surface area contributed by atoms with Gasteiger partial charge in [0.25, 0.3) is 0 Å². The molecule has 0 aliphatic rings. The Morgan fingerprint density at radius 3 is 2.06 bits per heavy atom. The van der Waals surface area contributed by atoms with Gasteiger partial charge in [-0.15, -0.1) is 0 Å². The van der Waals surface area contributed by atoms with Gasteiger partial charge in [0, 0.05) is 12.2 Å². The van der Waals surface area contributed by atoms with Crippen LogP contribution in [0.1, 0.15) is 20.8 Å². The van der Waals surface area contributed by atoms with E-state index in [0.29, 0.717) is 0 Å². The van der Waals surface area contributed by atoms with Gasteiger partial charge in [0.2, 0.25) is 0 Å². The highest BCUT2D eigenvalue weighted by Crippen LogP contribution is 2.12. The van der Waals surface area contributed by atoms with E-state index < -0.39 is 11.9 Å². The zero-order chi connectivity index (χ0) is 12.6. The van der Waals surface area contributed by atoms with Crippen LogP contribution in [-0.4, -0.2) is 36.9 Å². The topological polar surface area (TPSA) is 72.8 Å². The average molecular weight is 230 g/mol. The summed E-state index contributed by atoms with van der Waals surface area (Å²) in [5.41, 5.74) is -0.110. The zero-order valence-corrected chi connectivity index (χ0v) is 9.86. The fraction of sp³-hybridized carbons (Fsp3) is 0.636. The van der Waals surface area contributed by atoms with E-state index in [0.717, 1.165) is 12.2 Å². The highest BCUT2D eigenvalue weighted by Gasteiger charge is 2.12. The van der Waals surface area contributed by atoms with Crippen molar-refractivity contribution in [2.24, 2.45) is 5.41 Å². The molecule has 0 saturated heterocycles. The molecular formula is C11H18O5. The molecule has 0 radical (unpaired) electrons. The van der Waals surface area contributed by atoms with Crippen molar-refractivity contribution >= 4 is 11.9 Å². The standard InChI is InChI=1S/C11H18O5/c1-11(2,3)8-16-10(14)5-4-9(13)15-7-6-12/h4-5,12H,6-8H2,1-3H3/b5-4-. The van der Waals surface area contributed by atoms with E-state index in [9.17, 15) is 9.59 Å². The summed E-state index contributed by atoms with van der Waals surface area (Å²) >= 11 is 0. The van der Waals surface area contributed by atoms with Gasteiger partial charge in [0.15, 0.2) is 0 Å². The summed E-state index contributed by atoms with van der Waals surface area (Å²) in [6.45, 7) is 5.74. The van der Waals surface area contributed by atoms with Crippen LogP contribution in [0.5, 0.6) is 0 Å². The summed E-state index contributed by atoms with van der Waals surface area (Å²) < 4.78 is 9.38. The minimum Gasteiger partial charge on any atom is -0.462 e. The minimum atomic E-state index is -0.679. The summed E-state index contributed by atoms with van der Waals surface area (Å²) in [5, 5.41) is 8.37. The number of esters is 2. The van der Waals surface area contributed by atoms with E-state index in [-0.39, 0.29) is 25.2 Å². The molecule has 0 aromatic heterocycles. The Hall–Kier alpha value is -1.36. The summed E-state index contributed by atoms with van der Waals surface area (Å²) in [7, 11) is 0. The van der Waals surface area contributed by atoms with Crippen molar-refractivity contribution in [1.82, 2.24) is 0 Å². The van der Waals surface area contributed by atoms with Crippen LogP contribution in [0.15, 0.2) is 12.2 Å². The van der Waals surface area contributed by atoms with Crippen molar-refractivity contribution in [3.8, 4) is 0 Å². The average Bonchev–Trinajstić information content (AvgIpc) is 2.19. The third-order valence-corrected chi connectivity index (χ3v) is 1.34. The second kappa shape index (κ2) is 7.00. The smallest absolute Gasteiger partial charge is 0.331 e. The Morgan fingerprint density at radius 2 is 1.62 bits per heavy atom. The number of aliphatic hydroxyl groups excluding tert-OH is 1. The molecule has 0 aromatic rings. The van der Waals surface area contributed by atoms with Gasteiger partial charge >= 0.3 is 11.9 Å². The van der Waals surface area contributed by atoms with Crippen LogP contribution < -0.4 is 0 Å². The summed E-state index contributed by atoms with van der Waals surface area (Å²) in [5.74, 6) is -1.27. The third-order valence-electron chi connectivity index (χ3n) is 1.34. The van der Waals surface area contributed by atoms with E-state index >= 15 is 0 Å². The molecule has 0 atom stereocenters. The maximum absolute atomic E-state index is 11.1. The number of aliphatic hydroxyl groups is 1. The van der Waals surface area contributed by atoms with Gasteiger partial charge in [-0.25, -0.2) is 9.59 Å². The monoisotopic (exact) mass is 230 g/mol. The van der Waals surface area contributed by atoms with Crippen molar-refractivity contribution < 1.29 is 24.2 Å². The van der Waals surface area contributed by atoms with Crippen molar-refractivity contribution in [3.63, 3.8) is 0 Å². The Kier molecular flexibility index (Phi) is 6.41. The molecule has 5 nitrogen and oxygen atoms in total. The van der Waals surface area contributed by atoms with Gasteiger partial charge in [-0.1, -0.05) is 20.8 Å². The summed E-state index contributed by atoms with van der Waals surface area (Å²) in [6, 6.07) is 0. The highest BCUT2D eigenvalue weighted by atomic mass is 16.5. The Labute approximate surface area is 95.0 Å². The quantitative estimate of drug-likeness (QED) is 0.555. The largest absolute Gasteiger partial charge is 0.462 e. The van der Waals surface area contributed by atoms with Gasteiger partial charge in [-0.3, -0.25) is 0 Å². The Bertz CT molecular complexity index is 262. The Morgan fingerprint density at radius 1 is 1.12 bits per heavy atom. The SMILES string of the molecule is CC(C)(C)COC(=O)/C=C\C(=O)OCCO. The molecular weight excluding hydrogens is 212 g/mol. The molecule has 0 saturated carbocycles. The maximum atomic E-state index is 11.1. The van der Waals surface area contributed by atoms with E-state index in [1.165, 1.54) is 0 Å². The fourth-order valence-electron chi connectivity index (χ4n) is 0.666. The molecule has 0 aromatic carbocycles. The number of hydrogen-bond acceptors (Lipinski definition) is 5. The van der Waals surface area contributed by atoms with Crippen LogP contribution in [-0.2, 0) is 19.1 Å². The molecule has 0 amide bonds. The second-order valence-electron chi connectivity index (χ2n) is 4.39. The predicted molar refractivity (Wildman–Crippen MR) is 57.6 cm³/mol. The number of carbonyl (C=O) groups excluding carboxylic acids is 2.